The van der Waals surface area contributed by atoms with Gasteiger partial charge in [-0.1, -0.05) is 0 Å². The third kappa shape index (κ3) is 8.21. The molecule has 2 aliphatic heterocycles. The quantitative estimate of drug-likeness (QED) is 0.0680. The van der Waals surface area contributed by atoms with Crippen LogP contribution in [0.15, 0.2) is 69.9 Å². The number of esters is 1. The van der Waals surface area contributed by atoms with Crippen molar-refractivity contribution in [1.82, 2.24) is 0 Å². The first-order valence-electron chi connectivity index (χ1n) is 16.9. The molecule has 6 rings (SSSR count). The topological polar surface area (TPSA) is 305 Å². The molecule has 2 fully saturated rings. The summed E-state index contributed by atoms with van der Waals surface area (Å²) in [5.74, 6) is -3.07. The number of phenols is 4. The van der Waals surface area contributed by atoms with E-state index in [1.54, 1.807) is 0 Å². The van der Waals surface area contributed by atoms with Crippen LogP contribution in [0.5, 0.6) is 34.5 Å². The Balaban J connectivity index is 1.28. The molecule has 10 N–H and O–H groups in total. The lowest BCUT2D eigenvalue weighted by Crippen LogP contribution is -2.65. The molecule has 19 nitrogen and oxygen atoms in total. The van der Waals surface area contributed by atoms with Crippen LogP contribution >= 0.6 is 0 Å². The predicted molar refractivity (Wildman–Crippen MR) is 188 cm³/mol. The van der Waals surface area contributed by atoms with Gasteiger partial charge in [-0.05, 0) is 42.5 Å². The van der Waals surface area contributed by atoms with Gasteiger partial charge in [-0.25, -0.2) is 4.79 Å². The van der Waals surface area contributed by atoms with Gasteiger partial charge in [-0.3, -0.25) is 4.79 Å². The normalized spacial score (nSPS) is 28.0. The summed E-state index contributed by atoms with van der Waals surface area (Å²) < 4.78 is 39.3. The number of aliphatic hydroxyl groups excluding tert-OH is 6. The van der Waals surface area contributed by atoms with Crippen molar-refractivity contribution < 1.29 is 88.7 Å². The van der Waals surface area contributed by atoms with Crippen LogP contribution in [0.25, 0.3) is 28.4 Å². The van der Waals surface area contributed by atoms with Crippen molar-refractivity contribution in [3.63, 3.8) is 0 Å². The van der Waals surface area contributed by atoms with E-state index in [1.165, 1.54) is 55.7 Å². The van der Waals surface area contributed by atoms with Crippen LogP contribution in [0, 0.1) is 0 Å². The van der Waals surface area contributed by atoms with Crippen molar-refractivity contribution in [2.75, 3.05) is 20.3 Å². The van der Waals surface area contributed by atoms with E-state index in [4.69, 9.17) is 32.8 Å². The fourth-order valence-corrected chi connectivity index (χ4v) is 6.12. The Kier molecular flexibility index (Phi) is 12.0. The van der Waals surface area contributed by atoms with Gasteiger partial charge in [0.2, 0.25) is 17.5 Å². The van der Waals surface area contributed by atoms with E-state index < -0.39 is 109 Å². The highest BCUT2D eigenvalue weighted by molar-refractivity contribution is 5.88. The fourth-order valence-electron chi connectivity index (χ4n) is 6.12. The number of benzene rings is 3. The molecule has 0 bridgehead atoms. The molecule has 2 aliphatic rings. The standard InChI is InChI=1S/C37H38O19/c1-50-21-11-18(40)8-2-15(21)5-9-25(43)51-14-24-28(45)30(47)32(49)36(54-24)56-35-31(48)27(44)23(13-38)53-37(35)55-34-29(46)26-20(42)10-19(41)12-22(26)52-33(34)16-3-6-17(39)7-4-16/h2-12,23-24,27-28,30-32,35-42,44-45,47-49H,13-14H2,1H3. The van der Waals surface area contributed by atoms with Crippen molar-refractivity contribution in [1.29, 1.82) is 0 Å². The van der Waals surface area contributed by atoms with Crippen LogP contribution in [-0.2, 0) is 23.7 Å². The van der Waals surface area contributed by atoms with Crippen molar-refractivity contribution in [3.8, 4) is 45.8 Å². The second-order valence-corrected chi connectivity index (χ2v) is 12.8. The Morgan fingerprint density at radius 2 is 1.46 bits per heavy atom. The van der Waals surface area contributed by atoms with Crippen molar-refractivity contribution in [2.45, 2.75) is 61.4 Å². The molecule has 0 amide bonds. The van der Waals surface area contributed by atoms with Gasteiger partial charge >= 0.3 is 5.97 Å². The average Bonchev–Trinajstić information content (AvgIpc) is 3.17. The molecule has 56 heavy (non-hydrogen) atoms. The monoisotopic (exact) mass is 786 g/mol. The third-order valence-electron chi connectivity index (χ3n) is 9.07. The van der Waals surface area contributed by atoms with E-state index in [0.717, 1.165) is 18.2 Å². The summed E-state index contributed by atoms with van der Waals surface area (Å²) in [5, 5.41) is 104. The Morgan fingerprint density at radius 3 is 2.16 bits per heavy atom. The number of carbonyl (C=O) groups is 1. The first-order valence-corrected chi connectivity index (χ1v) is 16.9. The summed E-state index contributed by atoms with van der Waals surface area (Å²) >= 11 is 0. The van der Waals surface area contributed by atoms with Crippen LogP contribution in [0.4, 0.5) is 0 Å². The van der Waals surface area contributed by atoms with Crippen molar-refractivity contribution >= 4 is 23.0 Å². The zero-order valence-electron chi connectivity index (χ0n) is 29.2. The number of aliphatic hydroxyl groups is 6. The van der Waals surface area contributed by atoms with Gasteiger partial charge in [0.05, 0.1) is 13.7 Å². The number of carbonyl (C=O) groups excluding carboxylic acids is 1. The number of rotatable bonds is 11. The molecule has 0 saturated carbocycles. The van der Waals surface area contributed by atoms with Gasteiger partial charge < -0.3 is 83.9 Å². The summed E-state index contributed by atoms with van der Waals surface area (Å²) in [6.07, 6.45) is -16.3. The lowest BCUT2D eigenvalue weighted by Gasteiger charge is -2.45. The van der Waals surface area contributed by atoms with E-state index >= 15 is 0 Å². The molecular formula is C37H38O19. The van der Waals surface area contributed by atoms with Gasteiger partial charge in [-0.15, -0.1) is 0 Å². The molecule has 0 radical (unpaired) electrons. The van der Waals surface area contributed by atoms with Crippen molar-refractivity contribution in [2.24, 2.45) is 0 Å². The smallest absolute Gasteiger partial charge is 0.330 e. The van der Waals surface area contributed by atoms with Crippen molar-refractivity contribution in [3.05, 3.63) is 76.5 Å². The minimum absolute atomic E-state index is 0.0733. The number of hydrogen-bond donors (Lipinski definition) is 10. The molecule has 0 spiro atoms. The first-order chi connectivity index (χ1) is 26.7. The highest BCUT2D eigenvalue weighted by atomic mass is 16.8. The summed E-state index contributed by atoms with van der Waals surface area (Å²) in [7, 11) is 1.36. The Labute approximate surface area is 315 Å². The molecular weight excluding hydrogens is 748 g/mol. The minimum Gasteiger partial charge on any atom is -0.508 e. The van der Waals surface area contributed by atoms with E-state index in [2.05, 4.69) is 0 Å². The largest absolute Gasteiger partial charge is 0.508 e. The van der Waals surface area contributed by atoms with E-state index in [0.29, 0.717) is 5.56 Å². The van der Waals surface area contributed by atoms with E-state index in [9.17, 15) is 60.7 Å². The molecule has 2 saturated heterocycles. The Morgan fingerprint density at radius 1 is 0.786 bits per heavy atom. The fraction of sp³-hybridized carbons (Fsp3) is 0.351. The van der Waals surface area contributed by atoms with Crippen LogP contribution in [0.1, 0.15) is 5.56 Å². The number of fused-ring (bicyclic) bond motifs is 1. The third-order valence-corrected chi connectivity index (χ3v) is 9.07. The molecule has 10 unspecified atom stereocenters. The second kappa shape index (κ2) is 16.7. The van der Waals surface area contributed by atoms with Crippen LogP contribution in [0.3, 0.4) is 0 Å². The van der Waals surface area contributed by atoms with E-state index in [-0.39, 0.29) is 34.2 Å². The summed E-state index contributed by atoms with van der Waals surface area (Å²) in [6.45, 7) is -1.58. The zero-order chi connectivity index (χ0) is 40.4. The first kappa shape index (κ1) is 40.2. The summed E-state index contributed by atoms with van der Waals surface area (Å²) in [5.41, 5.74) is -0.767. The van der Waals surface area contributed by atoms with Gasteiger partial charge in [0.1, 0.15) is 89.1 Å². The Hall–Kier alpha value is -5.48. The molecule has 3 heterocycles. The Bertz CT molecular complexity index is 2120. The summed E-state index contributed by atoms with van der Waals surface area (Å²) in [6, 6.07) is 11.3. The number of phenolic OH excluding ortho intramolecular Hbond substituents is 4. The highest BCUT2D eigenvalue weighted by Crippen LogP contribution is 2.38. The molecule has 10 atom stereocenters. The van der Waals surface area contributed by atoms with Gasteiger partial charge in [0.15, 0.2) is 18.2 Å². The molecule has 300 valence electrons. The number of hydrogen-bond acceptors (Lipinski definition) is 19. The van der Waals surface area contributed by atoms with Crippen LogP contribution in [-0.4, -0.2) is 139 Å². The van der Waals surface area contributed by atoms with Crippen LogP contribution in [0.2, 0.25) is 0 Å². The second-order valence-electron chi connectivity index (χ2n) is 12.8. The van der Waals surface area contributed by atoms with Crippen LogP contribution < -0.4 is 14.9 Å². The minimum atomic E-state index is -2.04. The zero-order valence-corrected chi connectivity index (χ0v) is 29.2. The lowest BCUT2D eigenvalue weighted by atomic mass is 9.97. The molecule has 3 aromatic carbocycles. The maximum absolute atomic E-state index is 13.9. The van der Waals surface area contributed by atoms with E-state index in [1.807, 2.05) is 0 Å². The summed E-state index contributed by atoms with van der Waals surface area (Å²) in [4.78, 5) is 26.5. The number of methoxy groups -OCH3 is 1. The molecule has 4 aromatic rings. The highest BCUT2D eigenvalue weighted by Gasteiger charge is 2.52. The molecule has 19 heteroatoms. The maximum atomic E-state index is 13.9. The van der Waals surface area contributed by atoms with Gasteiger partial charge in [-0.2, -0.15) is 0 Å². The maximum Gasteiger partial charge on any atom is 0.330 e. The average molecular weight is 787 g/mol. The van der Waals surface area contributed by atoms with Gasteiger partial charge in [0, 0.05) is 35.4 Å². The molecule has 0 aliphatic carbocycles. The number of aromatic hydroxyl groups is 4. The van der Waals surface area contributed by atoms with Gasteiger partial charge in [0.25, 0.3) is 0 Å². The SMILES string of the molecule is COc1cc(O)ccc1C=CC(=O)OCC1OC(OC2C(Oc3c(-c4ccc(O)cc4)oc4cc(O)cc(O)c4c3=O)OC(CO)C(O)C2O)C(O)C(O)C1O. The number of ether oxygens (including phenoxy) is 6. The molecule has 1 aromatic heterocycles. The predicted octanol–water partition coefficient (Wildman–Crippen LogP) is -0.442. The lowest BCUT2D eigenvalue weighted by molar-refractivity contribution is -0.358.